The SMILES string of the molecule is Cn1nc(C(F)(F)C(F)(F)F)c(C(F)(F)F)c1-n1cc(-c2cccc(NC(=O)c3cc[n+]([O-])cc3)c2F)nn1. The molecule has 4 aromatic rings. The van der Waals surface area contributed by atoms with Gasteiger partial charge in [-0.3, -0.25) is 4.79 Å². The van der Waals surface area contributed by atoms with Crippen LogP contribution < -0.4 is 10.0 Å². The molecule has 1 N–H and O–H groups in total. The van der Waals surface area contributed by atoms with Crippen LogP contribution in [-0.4, -0.2) is 36.9 Å². The Morgan fingerprint density at radius 3 is 2.26 bits per heavy atom. The Labute approximate surface area is 210 Å². The minimum Gasteiger partial charge on any atom is -0.619 e. The average molecular weight is 565 g/mol. The van der Waals surface area contributed by atoms with E-state index in [1.165, 1.54) is 6.07 Å². The van der Waals surface area contributed by atoms with E-state index in [0.29, 0.717) is 18.0 Å². The molecule has 3 aromatic heterocycles. The second-order valence-electron chi connectivity index (χ2n) is 7.86. The molecule has 0 spiro atoms. The molecular formula is C21H12F9N7O2. The molecule has 0 unspecified atom stereocenters. The highest BCUT2D eigenvalue weighted by Crippen LogP contribution is 2.49. The third kappa shape index (κ3) is 4.96. The Morgan fingerprint density at radius 1 is 1.03 bits per heavy atom. The first-order valence-electron chi connectivity index (χ1n) is 10.3. The molecule has 0 saturated heterocycles. The van der Waals surface area contributed by atoms with Crippen LogP contribution in [0.3, 0.4) is 0 Å². The summed E-state index contributed by atoms with van der Waals surface area (Å²) in [4.78, 5) is 12.4. The smallest absolute Gasteiger partial charge is 0.459 e. The Bertz CT molecular complexity index is 1540. The molecule has 0 atom stereocenters. The van der Waals surface area contributed by atoms with Crippen molar-refractivity contribution in [1.29, 1.82) is 0 Å². The van der Waals surface area contributed by atoms with Crippen molar-refractivity contribution >= 4 is 11.6 Å². The standard InChI is InChI=1S/C21H12F9N7O2/c1-35-18(14(20(25,26)27)16(33-35)19(23,24)21(28,29)30)37-9-13(32-34-37)11-3-2-4-12(15(11)22)31-17(38)10-5-7-36(39)8-6-10/h2-9H,1H3,(H,31,38). The number of hydrogen-bond acceptors (Lipinski definition) is 5. The van der Waals surface area contributed by atoms with Crippen LogP contribution in [0.1, 0.15) is 21.6 Å². The number of rotatable bonds is 5. The van der Waals surface area contributed by atoms with Gasteiger partial charge in [0.15, 0.2) is 29.7 Å². The van der Waals surface area contributed by atoms with Crippen LogP contribution in [0.4, 0.5) is 45.2 Å². The van der Waals surface area contributed by atoms with E-state index in [2.05, 4.69) is 20.7 Å². The van der Waals surface area contributed by atoms with Gasteiger partial charge in [-0.2, -0.15) is 45.0 Å². The number of aromatic nitrogens is 6. The monoisotopic (exact) mass is 565 g/mol. The number of alkyl halides is 8. The predicted octanol–water partition coefficient (Wildman–Crippen LogP) is 4.37. The second-order valence-corrected chi connectivity index (χ2v) is 7.86. The maximum Gasteiger partial charge on any atom is 0.459 e. The molecule has 0 fully saturated rings. The van der Waals surface area contributed by atoms with Crippen LogP contribution in [-0.2, 0) is 19.1 Å². The molecule has 9 nitrogen and oxygen atoms in total. The van der Waals surface area contributed by atoms with E-state index in [4.69, 9.17) is 0 Å². The molecule has 0 aliphatic rings. The van der Waals surface area contributed by atoms with E-state index in [1.807, 2.05) is 0 Å². The van der Waals surface area contributed by atoms with Crippen molar-refractivity contribution in [3.63, 3.8) is 0 Å². The molecular weight excluding hydrogens is 553 g/mol. The largest absolute Gasteiger partial charge is 0.619 e. The van der Waals surface area contributed by atoms with Crippen molar-refractivity contribution < 1.29 is 49.0 Å². The van der Waals surface area contributed by atoms with Crippen LogP contribution in [0, 0.1) is 11.0 Å². The average Bonchev–Trinajstić information content (AvgIpc) is 3.44. The number of hydrogen-bond donors (Lipinski definition) is 1. The van der Waals surface area contributed by atoms with Crippen molar-refractivity contribution in [2.75, 3.05) is 5.32 Å². The quantitative estimate of drug-likeness (QED) is 0.220. The Kier molecular flexibility index (Phi) is 6.52. The van der Waals surface area contributed by atoms with E-state index in [-0.39, 0.29) is 14.9 Å². The van der Waals surface area contributed by atoms with Crippen molar-refractivity contribution in [3.05, 3.63) is 76.8 Å². The lowest BCUT2D eigenvalue weighted by atomic mass is 10.1. The van der Waals surface area contributed by atoms with Gasteiger partial charge in [0.25, 0.3) is 5.91 Å². The van der Waals surface area contributed by atoms with E-state index >= 15 is 4.39 Å². The second kappa shape index (κ2) is 9.28. The zero-order chi connectivity index (χ0) is 28.9. The van der Waals surface area contributed by atoms with Gasteiger partial charge in [0, 0.05) is 24.7 Å². The summed E-state index contributed by atoms with van der Waals surface area (Å²) in [6, 6.07) is 5.76. The lowest BCUT2D eigenvalue weighted by Gasteiger charge is -2.19. The number of halogens is 9. The normalized spacial score (nSPS) is 12.6. The molecule has 18 heteroatoms. The van der Waals surface area contributed by atoms with Gasteiger partial charge in [-0.1, -0.05) is 11.3 Å². The summed E-state index contributed by atoms with van der Waals surface area (Å²) in [5.74, 6) is -9.26. The number of pyridine rings is 1. The number of benzene rings is 1. The Balaban J connectivity index is 1.75. The van der Waals surface area contributed by atoms with Crippen molar-refractivity contribution in [2.45, 2.75) is 18.3 Å². The summed E-state index contributed by atoms with van der Waals surface area (Å²) in [5.41, 5.74) is -6.33. The topological polar surface area (TPSA) is 105 Å². The van der Waals surface area contributed by atoms with Gasteiger partial charge in [-0.05, 0) is 12.1 Å². The van der Waals surface area contributed by atoms with Gasteiger partial charge in [0.1, 0.15) is 11.3 Å². The third-order valence-electron chi connectivity index (χ3n) is 5.25. The zero-order valence-electron chi connectivity index (χ0n) is 19.0. The molecule has 206 valence electrons. The fraction of sp³-hybridized carbons (Fsp3) is 0.190. The molecule has 0 bridgehead atoms. The van der Waals surface area contributed by atoms with Crippen molar-refractivity contribution in [1.82, 2.24) is 24.8 Å². The first-order chi connectivity index (χ1) is 18.0. The van der Waals surface area contributed by atoms with Crippen LogP contribution >= 0.6 is 0 Å². The maximum absolute atomic E-state index is 15.2. The summed E-state index contributed by atoms with van der Waals surface area (Å²) in [5, 5.41) is 22.9. The molecule has 39 heavy (non-hydrogen) atoms. The third-order valence-corrected chi connectivity index (χ3v) is 5.25. The fourth-order valence-electron chi connectivity index (χ4n) is 3.47. The van der Waals surface area contributed by atoms with Gasteiger partial charge < -0.3 is 10.5 Å². The zero-order valence-corrected chi connectivity index (χ0v) is 19.0. The Hall–Kier alpha value is -4.64. The van der Waals surface area contributed by atoms with Gasteiger partial charge >= 0.3 is 18.3 Å². The molecule has 4 rings (SSSR count). The van der Waals surface area contributed by atoms with E-state index < -0.39 is 64.0 Å². The molecule has 0 aliphatic carbocycles. The summed E-state index contributed by atoms with van der Waals surface area (Å²) in [7, 11) is 0.677. The number of amides is 1. The van der Waals surface area contributed by atoms with Crippen LogP contribution in [0.15, 0.2) is 48.9 Å². The number of aryl methyl sites for hydroxylation is 1. The number of nitrogens with one attached hydrogen (secondary N) is 1. The first-order valence-corrected chi connectivity index (χ1v) is 10.3. The highest BCUT2D eigenvalue weighted by molar-refractivity contribution is 6.04. The summed E-state index contributed by atoms with van der Waals surface area (Å²) in [6.07, 6.45) is -9.45. The van der Waals surface area contributed by atoms with Gasteiger partial charge in [-0.15, -0.1) is 5.10 Å². The maximum atomic E-state index is 15.2. The molecule has 1 aromatic carbocycles. The Morgan fingerprint density at radius 2 is 1.67 bits per heavy atom. The van der Waals surface area contributed by atoms with Crippen LogP contribution in [0.2, 0.25) is 0 Å². The molecule has 0 saturated carbocycles. The van der Waals surface area contributed by atoms with Gasteiger partial charge in [-0.25, -0.2) is 13.8 Å². The lowest BCUT2D eigenvalue weighted by Crippen LogP contribution is -2.36. The fourth-order valence-corrected chi connectivity index (χ4v) is 3.47. The molecule has 1 amide bonds. The highest BCUT2D eigenvalue weighted by Gasteiger charge is 2.64. The van der Waals surface area contributed by atoms with Crippen molar-refractivity contribution in [3.8, 4) is 17.1 Å². The molecule has 0 radical (unpaired) electrons. The van der Waals surface area contributed by atoms with Gasteiger partial charge in [0.05, 0.1) is 17.4 Å². The summed E-state index contributed by atoms with van der Waals surface area (Å²) < 4.78 is 124. The number of carbonyl (C=O) groups is 1. The molecule has 0 aliphatic heterocycles. The van der Waals surface area contributed by atoms with Gasteiger partial charge in [0.2, 0.25) is 0 Å². The highest BCUT2D eigenvalue weighted by atomic mass is 19.4. The van der Waals surface area contributed by atoms with Crippen LogP contribution in [0.25, 0.3) is 17.1 Å². The number of carbonyl (C=O) groups excluding carboxylic acids is 1. The van der Waals surface area contributed by atoms with Crippen LogP contribution in [0.5, 0.6) is 0 Å². The summed E-state index contributed by atoms with van der Waals surface area (Å²) in [6.45, 7) is 0. The van der Waals surface area contributed by atoms with E-state index in [0.717, 1.165) is 36.7 Å². The minimum absolute atomic E-state index is 0.0137. The molecule has 3 heterocycles. The lowest BCUT2D eigenvalue weighted by molar-refractivity contribution is -0.605. The first kappa shape index (κ1) is 27.4. The minimum atomic E-state index is -6.39. The number of anilines is 1. The van der Waals surface area contributed by atoms with E-state index in [9.17, 15) is 45.1 Å². The predicted molar refractivity (Wildman–Crippen MR) is 112 cm³/mol. The van der Waals surface area contributed by atoms with E-state index in [1.54, 1.807) is 0 Å². The number of nitrogens with zero attached hydrogens (tertiary/aromatic N) is 6. The summed E-state index contributed by atoms with van der Waals surface area (Å²) >= 11 is 0. The van der Waals surface area contributed by atoms with Crippen molar-refractivity contribution in [2.24, 2.45) is 7.05 Å².